The first-order chi connectivity index (χ1) is 13.3. The van der Waals surface area contributed by atoms with E-state index < -0.39 is 22.6 Å². The highest BCUT2D eigenvalue weighted by atomic mass is 32.2. The van der Waals surface area contributed by atoms with Crippen LogP contribution in [0.1, 0.15) is 22.3 Å². The highest BCUT2D eigenvalue weighted by Gasteiger charge is 2.24. The number of fused-ring (bicyclic) bond motifs is 1. The Labute approximate surface area is 164 Å². The van der Waals surface area contributed by atoms with Gasteiger partial charge in [-0.1, -0.05) is 24.3 Å². The molecule has 0 saturated heterocycles. The molecule has 1 amide bonds. The minimum Gasteiger partial charge on any atom is -0.452 e. The van der Waals surface area contributed by atoms with Crippen molar-refractivity contribution in [2.75, 3.05) is 32.1 Å². The minimum absolute atomic E-state index is 0.0109. The fourth-order valence-corrected chi connectivity index (χ4v) is 4.02. The predicted molar refractivity (Wildman–Crippen MR) is 105 cm³/mol. The molecule has 148 valence electrons. The monoisotopic (exact) mass is 402 g/mol. The molecule has 2 aromatic rings. The Hall–Kier alpha value is -2.71. The summed E-state index contributed by atoms with van der Waals surface area (Å²) in [6.45, 7) is 0.168. The Morgan fingerprint density at radius 1 is 1.11 bits per heavy atom. The van der Waals surface area contributed by atoms with Crippen molar-refractivity contribution in [2.45, 2.75) is 17.7 Å². The van der Waals surface area contributed by atoms with Crippen LogP contribution in [0.4, 0.5) is 5.69 Å². The molecule has 28 heavy (non-hydrogen) atoms. The summed E-state index contributed by atoms with van der Waals surface area (Å²) in [4.78, 5) is 26.5. The molecule has 0 unspecified atom stereocenters. The molecular weight excluding hydrogens is 380 g/mol. The van der Waals surface area contributed by atoms with E-state index in [0.717, 1.165) is 28.4 Å². The largest absolute Gasteiger partial charge is 0.452 e. The summed E-state index contributed by atoms with van der Waals surface area (Å²) >= 11 is 0. The normalized spacial score (nSPS) is 13.9. The van der Waals surface area contributed by atoms with Crippen molar-refractivity contribution in [1.82, 2.24) is 4.31 Å². The van der Waals surface area contributed by atoms with Gasteiger partial charge in [-0.3, -0.25) is 4.79 Å². The van der Waals surface area contributed by atoms with Crippen LogP contribution >= 0.6 is 0 Å². The number of benzene rings is 2. The van der Waals surface area contributed by atoms with Crippen LogP contribution in [0.15, 0.2) is 53.4 Å². The molecule has 1 heterocycles. The van der Waals surface area contributed by atoms with Crippen molar-refractivity contribution in [3.8, 4) is 0 Å². The summed E-state index contributed by atoms with van der Waals surface area (Å²) in [5.41, 5.74) is 2.01. The third-order valence-electron chi connectivity index (χ3n) is 4.59. The minimum atomic E-state index is -3.66. The Morgan fingerprint density at radius 2 is 1.86 bits per heavy atom. The van der Waals surface area contributed by atoms with E-state index in [1.54, 1.807) is 4.90 Å². The first kappa shape index (κ1) is 20.0. The lowest BCUT2D eigenvalue weighted by Gasteiger charge is -2.29. The number of esters is 1. The summed E-state index contributed by atoms with van der Waals surface area (Å²) in [6, 6.07) is 13.2. The van der Waals surface area contributed by atoms with E-state index in [0.29, 0.717) is 6.54 Å². The molecule has 0 N–H and O–H groups in total. The summed E-state index contributed by atoms with van der Waals surface area (Å²) in [7, 11) is -0.840. The van der Waals surface area contributed by atoms with Crippen LogP contribution in [0.3, 0.4) is 0 Å². The molecule has 0 radical (unpaired) electrons. The molecule has 7 nitrogen and oxygen atoms in total. The molecule has 1 aliphatic heterocycles. The van der Waals surface area contributed by atoms with E-state index in [1.807, 2.05) is 24.3 Å². The highest BCUT2D eigenvalue weighted by molar-refractivity contribution is 7.89. The number of carbonyl (C=O) groups excluding carboxylic acids is 2. The van der Waals surface area contributed by atoms with Gasteiger partial charge in [0, 0.05) is 26.3 Å². The number of rotatable bonds is 5. The molecule has 0 aliphatic carbocycles. The van der Waals surface area contributed by atoms with Crippen LogP contribution in [0.2, 0.25) is 0 Å². The van der Waals surface area contributed by atoms with Crippen LogP contribution in [0.5, 0.6) is 0 Å². The maximum atomic E-state index is 12.6. The predicted octanol–water partition coefficient (Wildman–Crippen LogP) is 2.07. The van der Waals surface area contributed by atoms with Crippen molar-refractivity contribution < 1.29 is 22.7 Å². The Morgan fingerprint density at radius 3 is 2.61 bits per heavy atom. The van der Waals surface area contributed by atoms with Crippen LogP contribution in [-0.4, -0.2) is 51.8 Å². The van der Waals surface area contributed by atoms with E-state index in [2.05, 4.69) is 0 Å². The average molecular weight is 402 g/mol. The number of para-hydroxylation sites is 1. The van der Waals surface area contributed by atoms with Gasteiger partial charge in [-0.15, -0.1) is 0 Å². The zero-order valence-corrected chi connectivity index (χ0v) is 16.6. The summed E-state index contributed by atoms with van der Waals surface area (Å²) in [6.07, 6.45) is 1.76. The van der Waals surface area contributed by atoms with E-state index in [1.165, 1.54) is 38.4 Å². The van der Waals surface area contributed by atoms with Gasteiger partial charge in [-0.2, -0.15) is 0 Å². The second-order valence-corrected chi connectivity index (χ2v) is 8.82. The van der Waals surface area contributed by atoms with Gasteiger partial charge in [0.15, 0.2) is 6.61 Å². The Kier molecular flexibility index (Phi) is 5.81. The van der Waals surface area contributed by atoms with Gasteiger partial charge >= 0.3 is 5.97 Å². The van der Waals surface area contributed by atoms with Crippen molar-refractivity contribution in [2.24, 2.45) is 0 Å². The second-order valence-electron chi connectivity index (χ2n) is 6.67. The Bertz CT molecular complexity index is 1000. The van der Waals surface area contributed by atoms with Gasteiger partial charge in [-0.25, -0.2) is 17.5 Å². The number of carbonyl (C=O) groups is 2. The third-order valence-corrected chi connectivity index (χ3v) is 6.40. The van der Waals surface area contributed by atoms with E-state index >= 15 is 0 Å². The van der Waals surface area contributed by atoms with Crippen LogP contribution in [-0.2, 0) is 26.0 Å². The topological polar surface area (TPSA) is 84.0 Å². The summed E-state index contributed by atoms with van der Waals surface area (Å²) < 4.78 is 30.6. The lowest BCUT2D eigenvalue weighted by Crippen LogP contribution is -2.38. The number of hydrogen-bond acceptors (Lipinski definition) is 5. The molecule has 0 atom stereocenters. The molecule has 1 aliphatic rings. The third kappa shape index (κ3) is 4.07. The van der Waals surface area contributed by atoms with Gasteiger partial charge in [-0.05, 0) is 42.7 Å². The molecule has 0 bridgehead atoms. The van der Waals surface area contributed by atoms with Gasteiger partial charge in [0.05, 0.1) is 10.5 Å². The van der Waals surface area contributed by atoms with Gasteiger partial charge < -0.3 is 9.64 Å². The van der Waals surface area contributed by atoms with E-state index in [9.17, 15) is 18.0 Å². The van der Waals surface area contributed by atoms with Crippen LogP contribution in [0.25, 0.3) is 0 Å². The van der Waals surface area contributed by atoms with E-state index in [-0.39, 0.29) is 16.4 Å². The first-order valence-corrected chi connectivity index (χ1v) is 10.3. The summed E-state index contributed by atoms with van der Waals surface area (Å²) in [5.74, 6) is -1.05. The van der Waals surface area contributed by atoms with E-state index in [4.69, 9.17) is 4.74 Å². The quantitative estimate of drug-likeness (QED) is 0.715. The molecule has 0 saturated carbocycles. The van der Waals surface area contributed by atoms with Gasteiger partial charge in [0.25, 0.3) is 5.91 Å². The number of sulfonamides is 1. The van der Waals surface area contributed by atoms with Crippen molar-refractivity contribution in [3.05, 3.63) is 59.7 Å². The lowest BCUT2D eigenvalue weighted by molar-refractivity contribution is -0.121. The number of hydrogen-bond donors (Lipinski definition) is 0. The maximum absolute atomic E-state index is 12.6. The molecule has 0 spiro atoms. The van der Waals surface area contributed by atoms with Crippen LogP contribution in [0, 0.1) is 0 Å². The van der Waals surface area contributed by atoms with Crippen LogP contribution < -0.4 is 4.90 Å². The number of ether oxygens (including phenoxy) is 1. The number of amides is 1. The highest BCUT2D eigenvalue weighted by Crippen LogP contribution is 2.26. The Balaban J connectivity index is 1.69. The smallest absolute Gasteiger partial charge is 0.338 e. The number of nitrogens with zero attached hydrogens (tertiary/aromatic N) is 2. The van der Waals surface area contributed by atoms with Gasteiger partial charge in [0.2, 0.25) is 10.0 Å². The molecule has 0 aromatic heterocycles. The zero-order valence-electron chi connectivity index (χ0n) is 15.8. The van der Waals surface area contributed by atoms with Crippen molar-refractivity contribution in [1.29, 1.82) is 0 Å². The fourth-order valence-electron chi connectivity index (χ4n) is 3.08. The maximum Gasteiger partial charge on any atom is 0.338 e. The van der Waals surface area contributed by atoms with Gasteiger partial charge in [0.1, 0.15) is 0 Å². The fraction of sp³-hybridized carbons (Fsp3) is 0.300. The molecule has 8 heteroatoms. The standard InChI is InChI=1S/C20H22N2O5S/c1-21(2)28(25,26)17-10-5-8-16(13-17)20(24)27-14-19(23)22-12-6-9-15-7-3-4-11-18(15)22/h3-5,7-8,10-11,13H,6,9,12,14H2,1-2H3. The summed E-state index contributed by atoms with van der Waals surface area (Å²) in [5, 5.41) is 0. The SMILES string of the molecule is CN(C)S(=O)(=O)c1cccc(C(=O)OCC(=O)N2CCCc3ccccc32)c1. The first-order valence-electron chi connectivity index (χ1n) is 8.88. The molecular formula is C20H22N2O5S. The van der Waals surface area contributed by atoms with Crippen molar-refractivity contribution in [3.63, 3.8) is 0 Å². The lowest BCUT2D eigenvalue weighted by atomic mass is 10.0. The molecule has 2 aromatic carbocycles. The van der Waals surface area contributed by atoms with Crippen molar-refractivity contribution >= 4 is 27.6 Å². The number of aryl methyl sites for hydroxylation is 1. The average Bonchev–Trinajstić information content (AvgIpc) is 2.71. The second kappa shape index (κ2) is 8.12. The molecule has 3 rings (SSSR count). The zero-order chi connectivity index (χ0) is 20.3. The molecule has 0 fully saturated rings. The number of anilines is 1.